The number of carbonyl (C=O) groups excluding carboxylic acids is 1. The minimum atomic E-state index is -4.04. The summed E-state index contributed by atoms with van der Waals surface area (Å²) in [6.07, 6.45) is 0.617. The van der Waals surface area contributed by atoms with Gasteiger partial charge in [0.25, 0.3) is 20.0 Å². The second-order valence-electron chi connectivity index (χ2n) is 9.77. The van der Waals surface area contributed by atoms with Crippen molar-refractivity contribution >= 4 is 32.0 Å². The number of carbonyl (C=O) groups is 1. The Labute approximate surface area is 233 Å². The van der Waals surface area contributed by atoms with Gasteiger partial charge in [-0.3, -0.25) is 9.71 Å². The number of benzene rings is 3. The summed E-state index contributed by atoms with van der Waals surface area (Å²) in [7, 11) is -6.32. The number of ether oxygens (including phenoxy) is 2. The van der Waals surface area contributed by atoms with Crippen LogP contribution >= 0.6 is 0 Å². The van der Waals surface area contributed by atoms with Crippen LogP contribution in [-0.4, -0.2) is 48.5 Å². The number of aliphatic imine (C=N–C) groups is 1. The number of amides is 1. The molecule has 3 aromatic carbocycles. The van der Waals surface area contributed by atoms with Gasteiger partial charge in [0, 0.05) is 5.41 Å². The van der Waals surface area contributed by atoms with Gasteiger partial charge in [0.1, 0.15) is 22.6 Å². The van der Waals surface area contributed by atoms with E-state index in [0.717, 1.165) is 5.56 Å². The van der Waals surface area contributed by atoms with Gasteiger partial charge in [-0.1, -0.05) is 54.6 Å². The minimum absolute atomic E-state index is 0.0291. The first-order chi connectivity index (χ1) is 19.1. The quantitative estimate of drug-likeness (QED) is 0.432. The van der Waals surface area contributed by atoms with Crippen LogP contribution in [0.3, 0.4) is 0 Å². The third kappa shape index (κ3) is 5.54. The van der Waals surface area contributed by atoms with Crippen LogP contribution in [0.15, 0.2) is 93.6 Å². The largest absolute Gasteiger partial charge is 0.496 e. The van der Waals surface area contributed by atoms with Gasteiger partial charge in [-0.15, -0.1) is 0 Å². The zero-order chi connectivity index (χ0) is 28.4. The highest BCUT2D eigenvalue weighted by atomic mass is 32.2. The van der Waals surface area contributed by atoms with Gasteiger partial charge < -0.3 is 9.47 Å². The molecule has 0 unspecified atom stereocenters. The zero-order valence-electron chi connectivity index (χ0n) is 21.7. The molecule has 0 saturated heterocycles. The van der Waals surface area contributed by atoms with E-state index in [1.54, 1.807) is 30.3 Å². The van der Waals surface area contributed by atoms with Crippen LogP contribution in [0.25, 0.3) is 0 Å². The lowest BCUT2D eigenvalue weighted by Crippen LogP contribution is -2.40. The monoisotopic (exact) mass is 583 g/mol. The predicted molar refractivity (Wildman–Crippen MR) is 148 cm³/mol. The molecule has 2 N–H and O–H groups in total. The maximum atomic E-state index is 12.7. The van der Waals surface area contributed by atoms with Gasteiger partial charge in [0.05, 0.1) is 24.1 Å². The molecule has 1 fully saturated rings. The fourth-order valence-corrected chi connectivity index (χ4v) is 7.40. The Bertz CT molecular complexity index is 1630. The number of rotatable bonds is 7. The first-order valence-electron chi connectivity index (χ1n) is 12.7. The molecular weight excluding hydrogens is 554 g/mol. The molecule has 1 saturated carbocycles. The molecule has 0 bridgehead atoms. The Hall–Kier alpha value is -3.90. The third-order valence-electron chi connectivity index (χ3n) is 7.33. The molecule has 1 aliphatic heterocycles. The van der Waals surface area contributed by atoms with Crippen molar-refractivity contribution in [3.63, 3.8) is 0 Å². The van der Waals surface area contributed by atoms with Crippen LogP contribution in [0.2, 0.25) is 0 Å². The highest BCUT2D eigenvalue weighted by Gasteiger charge is 2.40. The molecule has 5 rings (SSSR count). The Balaban J connectivity index is 1.33. The van der Waals surface area contributed by atoms with Crippen molar-refractivity contribution in [2.24, 2.45) is 4.99 Å². The lowest BCUT2D eigenvalue weighted by atomic mass is 9.68. The summed E-state index contributed by atoms with van der Waals surface area (Å²) in [6.45, 7) is 0.285. The molecule has 1 aliphatic carbocycles. The van der Waals surface area contributed by atoms with Crippen molar-refractivity contribution in [1.29, 1.82) is 0 Å². The topological polar surface area (TPSA) is 140 Å². The number of hydrogen-bond donors (Lipinski definition) is 2. The van der Waals surface area contributed by atoms with Crippen LogP contribution in [0, 0.1) is 0 Å². The summed E-state index contributed by atoms with van der Waals surface area (Å²) in [5.41, 5.74) is 0.994. The normalized spacial score (nSPS) is 22.6. The van der Waals surface area contributed by atoms with Crippen LogP contribution in [0.4, 0.5) is 4.79 Å². The molecule has 1 heterocycles. The molecule has 2 aliphatic rings. The molecule has 40 heavy (non-hydrogen) atoms. The Morgan fingerprint density at radius 3 is 2.30 bits per heavy atom. The average molecular weight is 584 g/mol. The van der Waals surface area contributed by atoms with E-state index in [4.69, 9.17) is 14.5 Å². The van der Waals surface area contributed by atoms with Crippen molar-refractivity contribution in [3.05, 3.63) is 90.0 Å². The van der Waals surface area contributed by atoms with E-state index < -0.39 is 37.7 Å². The number of nitrogens with one attached hydrogen (secondary N) is 2. The SMILES string of the molecule is COc1cccc2c1C(=NCC1(c3ccccc3)CCC(OC(=O)NS(=O)(=O)c3ccccc3)CC1)NS2(=O)=O. The summed E-state index contributed by atoms with van der Waals surface area (Å²) < 4.78 is 65.8. The smallest absolute Gasteiger partial charge is 0.421 e. The summed E-state index contributed by atoms with van der Waals surface area (Å²) in [5.74, 6) is 0.638. The van der Waals surface area contributed by atoms with E-state index in [9.17, 15) is 21.6 Å². The lowest BCUT2D eigenvalue weighted by molar-refractivity contribution is 0.0622. The molecule has 3 aromatic rings. The molecule has 0 radical (unpaired) electrons. The minimum Gasteiger partial charge on any atom is -0.496 e. The molecule has 0 atom stereocenters. The summed E-state index contributed by atoms with van der Waals surface area (Å²) in [4.78, 5) is 17.3. The zero-order valence-corrected chi connectivity index (χ0v) is 23.4. The molecule has 0 spiro atoms. The fraction of sp³-hybridized carbons (Fsp3) is 0.286. The number of amidine groups is 1. The first-order valence-corrected chi connectivity index (χ1v) is 15.7. The fourth-order valence-electron chi connectivity index (χ4n) is 5.25. The van der Waals surface area contributed by atoms with E-state index in [-0.39, 0.29) is 22.2 Å². The number of fused-ring (bicyclic) bond motifs is 1. The molecule has 12 heteroatoms. The van der Waals surface area contributed by atoms with Crippen LogP contribution < -0.4 is 14.2 Å². The maximum Gasteiger partial charge on any atom is 0.421 e. The second kappa shape index (κ2) is 10.9. The summed E-state index contributed by atoms with van der Waals surface area (Å²) >= 11 is 0. The third-order valence-corrected chi connectivity index (χ3v) is 10.0. The van der Waals surface area contributed by atoms with Crippen LogP contribution in [0.5, 0.6) is 5.75 Å². The lowest BCUT2D eigenvalue weighted by Gasteiger charge is -2.39. The van der Waals surface area contributed by atoms with Gasteiger partial charge in [-0.25, -0.2) is 26.4 Å². The average Bonchev–Trinajstić information content (AvgIpc) is 3.23. The van der Waals surface area contributed by atoms with E-state index in [2.05, 4.69) is 4.72 Å². The van der Waals surface area contributed by atoms with Crippen molar-refractivity contribution < 1.29 is 31.1 Å². The molecular formula is C28H29N3O7S2. The van der Waals surface area contributed by atoms with E-state index in [1.807, 2.05) is 35.1 Å². The number of nitrogens with zero attached hydrogens (tertiary/aromatic N) is 1. The Morgan fingerprint density at radius 2 is 1.65 bits per heavy atom. The first kappa shape index (κ1) is 27.7. The van der Waals surface area contributed by atoms with E-state index >= 15 is 0 Å². The highest BCUT2D eigenvalue weighted by molar-refractivity contribution is 7.90. The second-order valence-corrected chi connectivity index (χ2v) is 13.1. The number of methoxy groups -OCH3 is 1. The van der Waals surface area contributed by atoms with Gasteiger partial charge in [0.15, 0.2) is 0 Å². The van der Waals surface area contributed by atoms with Gasteiger partial charge >= 0.3 is 6.09 Å². The van der Waals surface area contributed by atoms with Crippen LogP contribution in [0.1, 0.15) is 36.8 Å². The van der Waals surface area contributed by atoms with Crippen molar-refractivity contribution in [3.8, 4) is 5.75 Å². The van der Waals surface area contributed by atoms with Gasteiger partial charge in [0.2, 0.25) is 0 Å². The van der Waals surface area contributed by atoms with Crippen LogP contribution in [-0.2, 0) is 30.2 Å². The Morgan fingerprint density at radius 1 is 1.00 bits per heavy atom. The molecule has 10 nitrogen and oxygen atoms in total. The number of hydrogen-bond acceptors (Lipinski definition) is 8. The standard InChI is InChI=1S/C28H29N3O7S2/c1-37-23-13-8-14-24-25(23)26(30-40(24,35)36)29-19-28(20-9-4-2-5-10-20)17-15-21(16-18-28)38-27(32)31-39(33,34)22-11-6-3-7-12-22/h2-14,21H,15-19H2,1H3,(H,29,30)(H,31,32). The maximum absolute atomic E-state index is 12.7. The summed E-state index contributed by atoms with van der Waals surface area (Å²) in [6, 6.07) is 22.2. The van der Waals surface area contributed by atoms with Crippen molar-refractivity contribution in [2.45, 2.75) is 47.0 Å². The number of sulfonamides is 2. The Kier molecular flexibility index (Phi) is 7.56. The van der Waals surface area contributed by atoms with Gasteiger partial charge in [-0.05, 0) is 55.5 Å². The van der Waals surface area contributed by atoms with E-state index in [1.165, 1.54) is 25.3 Å². The predicted octanol–water partition coefficient (Wildman–Crippen LogP) is 3.73. The molecule has 210 valence electrons. The summed E-state index contributed by atoms with van der Waals surface area (Å²) in [5, 5.41) is 0. The molecule has 0 aromatic heterocycles. The van der Waals surface area contributed by atoms with E-state index in [0.29, 0.717) is 37.0 Å². The molecule has 1 amide bonds. The van der Waals surface area contributed by atoms with Gasteiger partial charge in [-0.2, -0.15) is 0 Å². The van der Waals surface area contributed by atoms with Crippen molar-refractivity contribution in [1.82, 2.24) is 9.44 Å². The highest BCUT2D eigenvalue weighted by Crippen LogP contribution is 2.41. The van der Waals surface area contributed by atoms with Crippen molar-refractivity contribution in [2.75, 3.05) is 13.7 Å².